The summed E-state index contributed by atoms with van der Waals surface area (Å²) in [4.78, 5) is 11.7. The van der Waals surface area contributed by atoms with Crippen molar-refractivity contribution in [3.63, 3.8) is 0 Å². The standard InChI is InChI=1S/C17H23NO3/c1-3-11-21-12-9-17(20)18-16-8-7-15(14(2)13-16)6-4-5-10-19/h7-8,13,19H,3,5,9-12H2,1-2H3,(H,18,20). The maximum atomic E-state index is 11.7. The van der Waals surface area contributed by atoms with Crippen molar-refractivity contribution in [3.8, 4) is 11.8 Å². The zero-order valence-corrected chi connectivity index (χ0v) is 12.7. The molecule has 0 unspecified atom stereocenters. The largest absolute Gasteiger partial charge is 0.395 e. The second kappa shape index (κ2) is 9.98. The van der Waals surface area contributed by atoms with Crippen molar-refractivity contribution in [1.29, 1.82) is 0 Å². The fraction of sp³-hybridized carbons (Fsp3) is 0.471. The average Bonchev–Trinajstić information content (AvgIpc) is 2.46. The van der Waals surface area contributed by atoms with Gasteiger partial charge in [-0.05, 0) is 37.1 Å². The number of rotatable bonds is 7. The molecule has 4 heteroatoms. The van der Waals surface area contributed by atoms with Crippen LogP contribution in [0.2, 0.25) is 0 Å². The number of nitrogens with one attached hydrogen (secondary N) is 1. The Morgan fingerprint density at radius 3 is 2.86 bits per heavy atom. The van der Waals surface area contributed by atoms with Gasteiger partial charge < -0.3 is 15.2 Å². The van der Waals surface area contributed by atoms with Crippen LogP contribution in [0, 0.1) is 18.8 Å². The van der Waals surface area contributed by atoms with Gasteiger partial charge in [0.2, 0.25) is 5.91 Å². The van der Waals surface area contributed by atoms with E-state index >= 15 is 0 Å². The third-order valence-corrected chi connectivity index (χ3v) is 2.79. The summed E-state index contributed by atoms with van der Waals surface area (Å²) in [7, 11) is 0. The van der Waals surface area contributed by atoms with Gasteiger partial charge in [-0.25, -0.2) is 0 Å². The summed E-state index contributed by atoms with van der Waals surface area (Å²) in [6.07, 6.45) is 1.78. The fourth-order valence-electron chi connectivity index (χ4n) is 1.73. The van der Waals surface area contributed by atoms with E-state index in [0.717, 1.165) is 23.2 Å². The lowest BCUT2D eigenvalue weighted by atomic mass is 10.1. The molecule has 21 heavy (non-hydrogen) atoms. The molecule has 1 aromatic carbocycles. The van der Waals surface area contributed by atoms with Crippen LogP contribution in [0.15, 0.2) is 18.2 Å². The lowest BCUT2D eigenvalue weighted by molar-refractivity contribution is -0.117. The third-order valence-electron chi connectivity index (χ3n) is 2.79. The van der Waals surface area contributed by atoms with Gasteiger partial charge in [0.15, 0.2) is 0 Å². The Balaban J connectivity index is 2.52. The number of anilines is 1. The first-order chi connectivity index (χ1) is 10.2. The van der Waals surface area contributed by atoms with Gasteiger partial charge >= 0.3 is 0 Å². The molecule has 0 aromatic heterocycles. The topological polar surface area (TPSA) is 58.6 Å². The van der Waals surface area contributed by atoms with E-state index in [2.05, 4.69) is 17.2 Å². The first-order valence-corrected chi connectivity index (χ1v) is 7.25. The number of hydrogen-bond acceptors (Lipinski definition) is 3. The molecule has 0 bridgehead atoms. The monoisotopic (exact) mass is 289 g/mol. The van der Waals surface area contributed by atoms with Crippen molar-refractivity contribution in [3.05, 3.63) is 29.3 Å². The molecule has 1 rings (SSSR count). The highest BCUT2D eigenvalue weighted by Gasteiger charge is 2.03. The van der Waals surface area contributed by atoms with Crippen LogP contribution in [0.3, 0.4) is 0 Å². The Labute approximate surface area is 126 Å². The highest BCUT2D eigenvalue weighted by Crippen LogP contribution is 2.14. The van der Waals surface area contributed by atoms with Crippen molar-refractivity contribution in [1.82, 2.24) is 0 Å². The molecule has 0 heterocycles. The van der Waals surface area contributed by atoms with E-state index in [0.29, 0.717) is 26.1 Å². The Kier molecular flexibility index (Phi) is 8.18. The number of aliphatic hydroxyl groups excluding tert-OH is 1. The molecule has 0 aliphatic heterocycles. The molecule has 4 nitrogen and oxygen atoms in total. The van der Waals surface area contributed by atoms with Crippen LogP contribution in [0.25, 0.3) is 0 Å². The minimum atomic E-state index is -0.0513. The maximum absolute atomic E-state index is 11.7. The molecular weight excluding hydrogens is 266 g/mol. The highest BCUT2D eigenvalue weighted by atomic mass is 16.5. The first-order valence-electron chi connectivity index (χ1n) is 7.25. The number of hydrogen-bond donors (Lipinski definition) is 2. The molecule has 0 atom stereocenters. The van der Waals surface area contributed by atoms with Crippen molar-refractivity contribution in [2.24, 2.45) is 0 Å². The van der Waals surface area contributed by atoms with Gasteiger partial charge in [-0.2, -0.15) is 0 Å². The predicted octanol–water partition coefficient (Wildman–Crippen LogP) is 2.48. The summed E-state index contributed by atoms with van der Waals surface area (Å²) in [5, 5.41) is 11.5. The van der Waals surface area contributed by atoms with E-state index < -0.39 is 0 Å². The van der Waals surface area contributed by atoms with Crippen LogP contribution in [0.4, 0.5) is 5.69 Å². The van der Waals surface area contributed by atoms with E-state index in [9.17, 15) is 4.79 Å². The van der Waals surface area contributed by atoms with Crippen LogP contribution in [-0.4, -0.2) is 30.8 Å². The molecule has 0 aliphatic rings. The van der Waals surface area contributed by atoms with Crippen LogP contribution < -0.4 is 5.32 Å². The van der Waals surface area contributed by atoms with Crippen molar-refractivity contribution >= 4 is 11.6 Å². The van der Waals surface area contributed by atoms with E-state index in [4.69, 9.17) is 9.84 Å². The van der Waals surface area contributed by atoms with Crippen LogP contribution >= 0.6 is 0 Å². The normalized spacial score (nSPS) is 9.86. The number of amides is 1. The first kappa shape index (κ1) is 17.2. The van der Waals surface area contributed by atoms with Crippen LogP contribution in [0.5, 0.6) is 0 Å². The maximum Gasteiger partial charge on any atom is 0.226 e. The van der Waals surface area contributed by atoms with Crippen molar-refractivity contribution in [2.75, 3.05) is 25.1 Å². The van der Waals surface area contributed by atoms with Crippen molar-refractivity contribution in [2.45, 2.75) is 33.1 Å². The van der Waals surface area contributed by atoms with Gasteiger partial charge in [-0.15, -0.1) is 0 Å². The lowest BCUT2D eigenvalue weighted by Crippen LogP contribution is -2.14. The zero-order chi connectivity index (χ0) is 15.5. The molecule has 1 amide bonds. The molecule has 0 saturated carbocycles. The van der Waals surface area contributed by atoms with Gasteiger partial charge in [0, 0.05) is 24.3 Å². The van der Waals surface area contributed by atoms with Gasteiger partial charge in [0.25, 0.3) is 0 Å². The minimum absolute atomic E-state index is 0.0513. The van der Waals surface area contributed by atoms with E-state index in [1.165, 1.54) is 0 Å². The molecule has 0 fully saturated rings. The van der Waals surface area contributed by atoms with Crippen LogP contribution in [-0.2, 0) is 9.53 Å². The average molecular weight is 289 g/mol. The molecular formula is C17H23NO3. The lowest BCUT2D eigenvalue weighted by Gasteiger charge is -2.07. The summed E-state index contributed by atoms with van der Waals surface area (Å²) in [6, 6.07) is 5.61. The number of ether oxygens (including phenoxy) is 1. The predicted molar refractivity (Wildman–Crippen MR) is 84.1 cm³/mol. The van der Waals surface area contributed by atoms with Gasteiger partial charge in [-0.3, -0.25) is 4.79 Å². The molecule has 0 radical (unpaired) electrons. The molecule has 2 N–H and O–H groups in total. The number of carbonyl (C=O) groups is 1. The summed E-state index contributed by atoms with van der Waals surface area (Å²) in [6.45, 7) is 5.19. The molecule has 114 valence electrons. The van der Waals surface area contributed by atoms with E-state index in [1.54, 1.807) is 0 Å². The summed E-state index contributed by atoms with van der Waals surface area (Å²) in [5.74, 6) is 5.84. The third kappa shape index (κ3) is 6.94. The zero-order valence-electron chi connectivity index (χ0n) is 12.7. The number of carbonyl (C=O) groups excluding carboxylic acids is 1. The molecule has 0 saturated heterocycles. The van der Waals surface area contributed by atoms with E-state index in [1.807, 2.05) is 32.0 Å². The Bertz CT molecular complexity index is 515. The number of aryl methyl sites for hydroxylation is 1. The number of benzene rings is 1. The van der Waals surface area contributed by atoms with Gasteiger partial charge in [0.05, 0.1) is 19.6 Å². The quantitative estimate of drug-likeness (QED) is 0.599. The summed E-state index contributed by atoms with van der Waals surface area (Å²) in [5.41, 5.74) is 2.67. The van der Waals surface area contributed by atoms with Gasteiger partial charge in [-0.1, -0.05) is 18.8 Å². The highest BCUT2D eigenvalue weighted by molar-refractivity contribution is 5.90. The SMILES string of the molecule is CCCOCCC(=O)Nc1ccc(C#CCCO)c(C)c1. The van der Waals surface area contributed by atoms with Crippen LogP contribution in [0.1, 0.15) is 37.3 Å². The minimum Gasteiger partial charge on any atom is -0.395 e. The Morgan fingerprint density at radius 1 is 1.38 bits per heavy atom. The van der Waals surface area contributed by atoms with Gasteiger partial charge in [0.1, 0.15) is 0 Å². The Morgan fingerprint density at radius 2 is 2.19 bits per heavy atom. The molecule has 0 spiro atoms. The smallest absolute Gasteiger partial charge is 0.226 e. The second-order valence-corrected chi connectivity index (χ2v) is 4.72. The molecule has 1 aromatic rings. The second-order valence-electron chi connectivity index (χ2n) is 4.72. The molecule has 0 aliphatic carbocycles. The van der Waals surface area contributed by atoms with Crippen molar-refractivity contribution < 1.29 is 14.6 Å². The fourth-order valence-corrected chi connectivity index (χ4v) is 1.73. The Hall–Kier alpha value is -1.83. The van der Waals surface area contributed by atoms with E-state index in [-0.39, 0.29) is 12.5 Å². The summed E-state index contributed by atoms with van der Waals surface area (Å²) < 4.78 is 5.29. The summed E-state index contributed by atoms with van der Waals surface area (Å²) >= 11 is 0. The number of aliphatic hydroxyl groups is 1.